The number of furan rings is 1. The second kappa shape index (κ2) is 11.2. The number of carbonyl (C=O) groups excluding carboxylic acids is 1. The van der Waals surface area contributed by atoms with Gasteiger partial charge in [-0.1, -0.05) is 65.7 Å². The molecule has 202 valence electrons. The Hall–Kier alpha value is -4.50. The molecule has 1 amide bonds. The van der Waals surface area contributed by atoms with Gasteiger partial charge in [0.05, 0.1) is 15.7 Å². The minimum Gasteiger partial charge on any atom is -0.457 e. The Morgan fingerprint density at radius 3 is 2.56 bits per heavy atom. The number of fused-ring (bicyclic) bond motifs is 2. The maximum atomic E-state index is 12.5. The van der Waals surface area contributed by atoms with Crippen LogP contribution in [0, 0.1) is 6.92 Å². The lowest BCUT2D eigenvalue weighted by molar-refractivity contribution is -0.115. The highest BCUT2D eigenvalue weighted by Gasteiger charge is 2.13. The molecule has 0 bridgehead atoms. The van der Waals surface area contributed by atoms with Gasteiger partial charge in [-0.3, -0.25) is 10.1 Å². The van der Waals surface area contributed by atoms with Gasteiger partial charge in [-0.05, 0) is 78.6 Å². The molecule has 2 aromatic heterocycles. The van der Waals surface area contributed by atoms with Gasteiger partial charge in [-0.25, -0.2) is 0 Å². The number of nitrogens with zero attached hydrogens (tertiary/aromatic N) is 3. The van der Waals surface area contributed by atoms with E-state index in [9.17, 15) is 4.79 Å². The summed E-state index contributed by atoms with van der Waals surface area (Å²) in [6, 6.07) is 26.7. The van der Waals surface area contributed by atoms with Gasteiger partial charge in [0.1, 0.15) is 22.6 Å². The van der Waals surface area contributed by atoms with E-state index in [4.69, 9.17) is 44.9 Å². The number of carbonyl (C=O) groups is 1. The predicted molar refractivity (Wildman–Crippen MR) is 169 cm³/mol. The third-order valence-corrected chi connectivity index (χ3v) is 7.46. The lowest BCUT2D eigenvalue weighted by atomic mass is 10.1. The minimum atomic E-state index is -0.415. The van der Waals surface area contributed by atoms with E-state index in [0.29, 0.717) is 38.3 Å². The van der Waals surface area contributed by atoms with Crippen LogP contribution < -0.4 is 10.6 Å². The molecular weight excluding hydrogens is 577 g/mol. The molecule has 0 aliphatic carbocycles. The lowest BCUT2D eigenvalue weighted by Gasteiger charge is -2.10. The minimum absolute atomic E-state index is 0.148. The molecule has 2 heterocycles. The van der Waals surface area contributed by atoms with E-state index in [2.05, 4.69) is 27.9 Å². The SMILES string of the molecule is Cc1cc2nn(-c3cccc4ccccc34)nc2cc1NC(=S)NC(=O)C=Cc1ccc(-c2cccc(Cl)c2Cl)o1. The number of rotatable bonds is 5. The van der Waals surface area contributed by atoms with E-state index in [-0.39, 0.29) is 5.11 Å². The summed E-state index contributed by atoms with van der Waals surface area (Å²) < 4.78 is 5.80. The van der Waals surface area contributed by atoms with Crippen LogP contribution in [-0.4, -0.2) is 26.0 Å². The molecule has 0 saturated heterocycles. The molecule has 0 radical (unpaired) electrons. The molecule has 0 saturated carbocycles. The van der Waals surface area contributed by atoms with E-state index in [1.807, 2.05) is 49.4 Å². The van der Waals surface area contributed by atoms with Gasteiger partial charge in [0, 0.05) is 22.7 Å². The van der Waals surface area contributed by atoms with Gasteiger partial charge in [0.25, 0.3) is 0 Å². The summed E-state index contributed by atoms with van der Waals surface area (Å²) in [5, 5.41) is 18.3. The number of aromatic nitrogens is 3. The molecular formula is C31H21Cl2N5O2S. The second-order valence-electron chi connectivity index (χ2n) is 9.22. The van der Waals surface area contributed by atoms with Crippen LogP contribution in [-0.2, 0) is 4.79 Å². The molecule has 41 heavy (non-hydrogen) atoms. The van der Waals surface area contributed by atoms with Crippen molar-refractivity contribution in [3.8, 4) is 17.0 Å². The molecule has 6 rings (SSSR count). The Labute approximate surface area is 250 Å². The Balaban J connectivity index is 1.14. The van der Waals surface area contributed by atoms with Crippen molar-refractivity contribution in [1.29, 1.82) is 0 Å². The number of hydrogen-bond donors (Lipinski definition) is 2. The number of hydrogen-bond acceptors (Lipinski definition) is 5. The molecule has 0 unspecified atom stereocenters. The van der Waals surface area contributed by atoms with Crippen molar-refractivity contribution >= 4 is 80.0 Å². The van der Waals surface area contributed by atoms with E-state index in [1.165, 1.54) is 6.08 Å². The first kappa shape index (κ1) is 26.7. The van der Waals surface area contributed by atoms with E-state index in [1.54, 1.807) is 41.2 Å². The highest BCUT2D eigenvalue weighted by molar-refractivity contribution is 7.80. The number of thiocarbonyl (C=S) groups is 1. The second-order valence-corrected chi connectivity index (χ2v) is 10.4. The van der Waals surface area contributed by atoms with Crippen LogP contribution in [0.5, 0.6) is 0 Å². The summed E-state index contributed by atoms with van der Waals surface area (Å²) in [6.07, 6.45) is 2.88. The first-order valence-electron chi connectivity index (χ1n) is 12.6. The smallest absolute Gasteiger partial charge is 0.250 e. The number of benzene rings is 4. The molecule has 4 aromatic carbocycles. The van der Waals surface area contributed by atoms with E-state index >= 15 is 0 Å². The highest BCUT2D eigenvalue weighted by Crippen LogP contribution is 2.34. The monoisotopic (exact) mass is 597 g/mol. The quantitative estimate of drug-likeness (QED) is 0.155. The average Bonchev–Trinajstić information content (AvgIpc) is 3.60. The van der Waals surface area contributed by atoms with Crippen molar-refractivity contribution < 1.29 is 9.21 Å². The molecule has 0 spiro atoms. The van der Waals surface area contributed by atoms with Gasteiger partial charge in [-0.2, -0.15) is 0 Å². The standard InChI is InChI=1S/C31H21Cl2N5O2S/c1-18-16-25-26(37-38(36-25)27-11-4-7-19-6-2-3-8-21(19)27)17-24(18)34-31(41)35-29(39)15-13-20-12-14-28(40-20)22-9-5-10-23(32)30(22)33/h2-17H,1H3,(H2,34,35,39,41). The maximum Gasteiger partial charge on any atom is 0.250 e. The van der Waals surface area contributed by atoms with Crippen molar-refractivity contribution in [3.05, 3.63) is 112 Å². The van der Waals surface area contributed by atoms with E-state index < -0.39 is 5.91 Å². The fraction of sp³-hybridized carbons (Fsp3) is 0.0323. The third-order valence-electron chi connectivity index (χ3n) is 6.44. The summed E-state index contributed by atoms with van der Waals surface area (Å²) >= 11 is 17.8. The molecule has 7 nitrogen and oxygen atoms in total. The number of halogens is 2. The number of amides is 1. The van der Waals surface area contributed by atoms with Crippen LogP contribution in [0.1, 0.15) is 11.3 Å². The van der Waals surface area contributed by atoms with Crippen molar-refractivity contribution in [2.45, 2.75) is 6.92 Å². The van der Waals surface area contributed by atoms with Crippen molar-refractivity contribution in [3.63, 3.8) is 0 Å². The Morgan fingerprint density at radius 1 is 0.951 bits per heavy atom. The van der Waals surface area contributed by atoms with Crippen LogP contribution in [0.3, 0.4) is 0 Å². The number of nitrogens with one attached hydrogen (secondary N) is 2. The topological polar surface area (TPSA) is 85.0 Å². The summed E-state index contributed by atoms with van der Waals surface area (Å²) in [5.41, 5.74) is 4.60. The van der Waals surface area contributed by atoms with E-state index in [0.717, 1.165) is 27.5 Å². The van der Waals surface area contributed by atoms with Crippen LogP contribution >= 0.6 is 35.4 Å². The van der Waals surface area contributed by atoms with Gasteiger partial charge < -0.3 is 9.73 Å². The van der Waals surface area contributed by atoms with Gasteiger partial charge in [0.2, 0.25) is 5.91 Å². The van der Waals surface area contributed by atoms with Crippen molar-refractivity contribution in [1.82, 2.24) is 20.3 Å². The third kappa shape index (κ3) is 5.58. The zero-order valence-corrected chi connectivity index (χ0v) is 23.9. The molecule has 6 aromatic rings. The van der Waals surface area contributed by atoms with Crippen molar-refractivity contribution in [2.75, 3.05) is 5.32 Å². The van der Waals surface area contributed by atoms with Gasteiger partial charge in [-0.15, -0.1) is 15.0 Å². The summed E-state index contributed by atoms with van der Waals surface area (Å²) in [7, 11) is 0. The Kier molecular flexibility index (Phi) is 7.28. The highest BCUT2D eigenvalue weighted by atomic mass is 35.5. The molecule has 10 heteroatoms. The zero-order valence-electron chi connectivity index (χ0n) is 21.6. The van der Waals surface area contributed by atoms with Crippen LogP contribution in [0.15, 0.2) is 95.4 Å². The Bertz CT molecular complexity index is 1990. The summed E-state index contributed by atoms with van der Waals surface area (Å²) in [6.45, 7) is 1.93. The summed E-state index contributed by atoms with van der Waals surface area (Å²) in [4.78, 5) is 14.2. The maximum absolute atomic E-state index is 12.5. The van der Waals surface area contributed by atoms with Gasteiger partial charge in [0.15, 0.2) is 5.11 Å². The largest absolute Gasteiger partial charge is 0.457 e. The average molecular weight is 599 g/mol. The number of anilines is 1. The molecule has 0 aliphatic rings. The fourth-order valence-electron chi connectivity index (χ4n) is 4.44. The molecule has 2 N–H and O–H groups in total. The lowest BCUT2D eigenvalue weighted by Crippen LogP contribution is -2.33. The summed E-state index contributed by atoms with van der Waals surface area (Å²) in [5.74, 6) is 0.598. The van der Waals surface area contributed by atoms with Crippen LogP contribution in [0.25, 0.3) is 44.9 Å². The predicted octanol–water partition coefficient (Wildman–Crippen LogP) is 7.98. The molecule has 0 aliphatic heterocycles. The number of aryl methyl sites for hydroxylation is 1. The van der Waals surface area contributed by atoms with Crippen molar-refractivity contribution in [2.24, 2.45) is 0 Å². The normalized spacial score (nSPS) is 11.4. The first-order valence-corrected chi connectivity index (χ1v) is 13.7. The fourth-order valence-corrected chi connectivity index (χ4v) is 5.04. The first-order chi connectivity index (χ1) is 19.9. The molecule has 0 fully saturated rings. The van der Waals surface area contributed by atoms with Crippen LogP contribution in [0.4, 0.5) is 5.69 Å². The van der Waals surface area contributed by atoms with Gasteiger partial charge >= 0.3 is 0 Å². The Morgan fingerprint density at radius 2 is 1.71 bits per heavy atom. The molecule has 0 atom stereocenters. The van der Waals surface area contributed by atoms with Crippen LogP contribution in [0.2, 0.25) is 10.0 Å². The zero-order chi connectivity index (χ0) is 28.5.